The van der Waals surface area contributed by atoms with Crippen LogP contribution in [0, 0.1) is 18.7 Å². The number of carbonyl (C=O) groups is 1. The summed E-state index contributed by atoms with van der Waals surface area (Å²) in [5, 5.41) is 14.5. The predicted octanol–water partition coefficient (Wildman–Crippen LogP) is 3.74. The molecule has 1 aromatic heterocycles. The normalized spacial score (nSPS) is 23.6. The number of rotatable bonds is 4. The Morgan fingerprint density at radius 3 is 2.81 bits per heavy atom. The molecule has 2 N–H and O–H groups in total. The van der Waals surface area contributed by atoms with Crippen molar-refractivity contribution in [3.05, 3.63) is 51.5 Å². The summed E-state index contributed by atoms with van der Waals surface area (Å²) in [5.41, 5.74) is 0.540. The molecule has 0 radical (unpaired) electrons. The molecule has 1 fully saturated rings. The maximum Gasteiger partial charge on any atom is 0.264 e. The number of likely N-dealkylation sites (N-methyl/N-ethyl adjacent to an activating group) is 1. The Labute approximate surface area is 153 Å². The van der Waals surface area contributed by atoms with Crippen LogP contribution in [0.5, 0.6) is 0 Å². The molecule has 0 saturated carbocycles. The van der Waals surface area contributed by atoms with Gasteiger partial charge in [-0.15, -0.1) is 11.3 Å². The number of nitrogens with one attached hydrogen (secondary N) is 1. The minimum absolute atomic E-state index is 0.0887. The molecule has 3 rings (SSSR count). The van der Waals surface area contributed by atoms with Crippen LogP contribution in [0.3, 0.4) is 0 Å². The summed E-state index contributed by atoms with van der Waals surface area (Å²) < 4.78 is 39.4. The van der Waals surface area contributed by atoms with Gasteiger partial charge >= 0.3 is 0 Å². The minimum Gasteiger partial charge on any atom is -0.378 e. The van der Waals surface area contributed by atoms with Gasteiger partial charge in [0.05, 0.1) is 5.92 Å². The highest BCUT2D eigenvalue weighted by atomic mass is 32.1. The van der Waals surface area contributed by atoms with Crippen molar-refractivity contribution in [3.63, 3.8) is 0 Å². The smallest absolute Gasteiger partial charge is 0.264 e. The molecule has 0 bridgehead atoms. The van der Waals surface area contributed by atoms with E-state index in [0.717, 1.165) is 11.3 Å². The predicted molar refractivity (Wildman–Crippen MR) is 93.9 cm³/mol. The summed E-state index contributed by atoms with van der Waals surface area (Å²) >= 11 is 1.15. The Hall–Kier alpha value is -1.90. The monoisotopic (exact) mass is 384 g/mol. The number of thiophene rings is 1. The third-order valence-corrected chi connectivity index (χ3v) is 5.86. The molecule has 1 aliphatic rings. The van der Waals surface area contributed by atoms with Gasteiger partial charge in [0, 0.05) is 34.2 Å². The van der Waals surface area contributed by atoms with E-state index in [0.29, 0.717) is 22.7 Å². The summed E-state index contributed by atoms with van der Waals surface area (Å²) in [5.74, 6) is -2.16. The fraction of sp³-hybridized carbons (Fsp3) is 0.389. The molecule has 3 atom stereocenters. The molecule has 26 heavy (non-hydrogen) atoms. The van der Waals surface area contributed by atoms with Gasteiger partial charge in [0.1, 0.15) is 12.0 Å². The van der Waals surface area contributed by atoms with Crippen LogP contribution >= 0.6 is 11.3 Å². The van der Waals surface area contributed by atoms with Crippen LogP contribution < -0.4 is 5.32 Å². The molecule has 1 aromatic carbocycles. The highest BCUT2D eigenvalue weighted by molar-refractivity contribution is 7.10. The summed E-state index contributed by atoms with van der Waals surface area (Å²) in [7, 11) is 1.67. The van der Waals surface area contributed by atoms with Crippen molar-refractivity contribution in [2.45, 2.75) is 25.5 Å². The number of halogens is 3. The molecule has 0 spiro atoms. The van der Waals surface area contributed by atoms with E-state index in [2.05, 4.69) is 5.32 Å². The molecule has 4 nitrogen and oxygen atoms in total. The molecule has 2 aromatic rings. The maximum atomic E-state index is 13.7. The number of alkyl halides is 2. The number of hydrogen-bond acceptors (Lipinski definition) is 4. The number of likely N-dealkylation sites (tertiary alicyclic amines) is 1. The van der Waals surface area contributed by atoms with Crippen molar-refractivity contribution < 1.29 is 23.1 Å². The van der Waals surface area contributed by atoms with Crippen LogP contribution in [0.4, 0.5) is 18.9 Å². The lowest BCUT2D eigenvalue weighted by Crippen LogP contribution is -2.36. The lowest BCUT2D eigenvalue weighted by Gasteiger charge is -2.21. The van der Waals surface area contributed by atoms with Crippen LogP contribution in [0.15, 0.2) is 29.6 Å². The first-order chi connectivity index (χ1) is 12.3. The SMILES string of the molecule is Cc1c(F)cccc1NC(=O)[C@H]1C(O)N(C)C[C@@H]1c1cc(C(F)F)cs1. The molecular formula is C18H19F3N2O2S. The molecule has 2 heterocycles. The first-order valence-corrected chi connectivity index (χ1v) is 8.98. The summed E-state index contributed by atoms with van der Waals surface area (Å²) in [6, 6.07) is 5.75. The first kappa shape index (κ1) is 18.9. The van der Waals surface area contributed by atoms with E-state index >= 15 is 0 Å². The van der Waals surface area contributed by atoms with Crippen molar-refractivity contribution in [1.82, 2.24) is 4.90 Å². The fourth-order valence-corrected chi connectivity index (χ4v) is 4.28. The number of nitrogens with zero attached hydrogens (tertiary/aromatic N) is 1. The first-order valence-electron chi connectivity index (χ1n) is 8.10. The Morgan fingerprint density at radius 1 is 1.42 bits per heavy atom. The molecule has 1 amide bonds. The molecule has 8 heteroatoms. The van der Waals surface area contributed by atoms with Crippen molar-refractivity contribution in [2.24, 2.45) is 5.92 Å². The summed E-state index contributed by atoms with van der Waals surface area (Å²) in [4.78, 5) is 15.0. The lowest BCUT2D eigenvalue weighted by atomic mass is 9.92. The second-order valence-corrected chi connectivity index (χ2v) is 7.41. The summed E-state index contributed by atoms with van der Waals surface area (Å²) in [6.07, 6.45) is -3.63. The van der Waals surface area contributed by atoms with Crippen LogP contribution in [-0.4, -0.2) is 35.7 Å². The number of anilines is 1. The Kier molecular flexibility index (Phi) is 5.36. The number of amides is 1. The van der Waals surface area contributed by atoms with Crippen LogP contribution in [0.1, 0.15) is 28.3 Å². The van der Waals surface area contributed by atoms with Crippen molar-refractivity contribution >= 4 is 22.9 Å². The van der Waals surface area contributed by atoms with E-state index in [9.17, 15) is 23.1 Å². The average molecular weight is 384 g/mol. The largest absolute Gasteiger partial charge is 0.378 e. The fourth-order valence-electron chi connectivity index (χ4n) is 3.24. The zero-order valence-electron chi connectivity index (χ0n) is 14.2. The second-order valence-electron chi connectivity index (χ2n) is 6.47. The van der Waals surface area contributed by atoms with E-state index in [-0.39, 0.29) is 5.56 Å². The van der Waals surface area contributed by atoms with Crippen molar-refractivity contribution in [1.29, 1.82) is 0 Å². The maximum absolute atomic E-state index is 13.7. The molecule has 1 aliphatic heterocycles. The van der Waals surface area contributed by atoms with Crippen molar-refractivity contribution in [2.75, 3.05) is 18.9 Å². The van der Waals surface area contributed by atoms with Gasteiger partial charge in [0.15, 0.2) is 0 Å². The standard InChI is InChI=1S/C18H19F3N2O2S/c1-9-12(19)4-3-5-13(9)22-17(24)15-11(7-23(2)18(15)25)14-6-10(8-26-14)16(20)21/h3-6,8,11,15-16,18,25H,7H2,1-2H3,(H,22,24)/t11-,15+,18?/m1/s1. The lowest BCUT2D eigenvalue weighted by molar-refractivity contribution is -0.124. The Morgan fingerprint density at radius 2 is 2.15 bits per heavy atom. The van der Waals surface area contributed by atoms with Gasteiger partial charge in [-0.05, 0) is 37.6 Å². The highest BCUT2D eigenvalue weighted by Crippen LogP contribution is 2.40. The molecular weight excluding hydrogens is 365 g/mol. The van der Waals surface area contributed by atoms with Crippen LogP contribution in [0.2, 0.25) is 0 Å². The van der Waals surface area contributed by atoms with E-state index in [1.807, 2.05) is 0 Å². The van der Waals surface area contributed by atoms with Gasteiger partial charge in [-0.1, -0.05) is 6.07 Å². The minimum atomic E-state index is -2.58. The van der Waals surface area contributed by atoms with E-state index in [1.54, 1.807) is 24.9 Å². The van der Waals surface area contributed by atoms with Gasteiger partial charge < -0.3 is 10.4 Å². The molecule has 1 unspecified atom stereocenters. The molecule has 0 aliphatic carbocycles. The Bertz CT molecular complexity index is 811. The van der Waals surface area contributed by atoms with Gasteiger partial charge in [-0.2, -0.15) is 0 Å². The van der Waals surface area contributed by atoms with E-state index in [4.69, 9.17) is 0 Å². The Balaban J connectivity index is 1.86. The van der Waals surface area contributed by atoms with Gasteiger partial charge in [0.2, 0.25) is 5.91 Å². The van der Waals surface area contributed by atoms with Gasteiger partial charge in [-0.25, -0.2) is 13.2 Å². The molecule has 1 saturated heterocycles. The number of aliphatic hydroxyl groups excluding tert-OH is 1. The quantitative estimate of drug-likeness (QED) is 0.845. The highest BCUT2D eigenvalue weighted by Gasteiger charge is 2.45. The van der Waals surface area contributed by atoms with Gasteiger partial charge in [-0.3, -0.25) is 9.69 Å². The topological polar surface area (TPSA) is 52.6 Å². The number of hydrogen-bond donors (Lipinski definition) is 2. The number of carbonyl (C=O) groups excluding carboxylic acids is 1. The van der Waals surface area contributed by atoms with Gasteiger partial charge in [0.25, 0.3) is 6.43 Å². The van der Waals surface area contributed by atoms with Crippen LogP contribution in [-0.2, 0) is 4.79 Å². The van der Waals surface area contributed by atoms with Crippen LogP contribution in [0.25, 0.3) is 0 Å². The average Bonchev–Trinajstić information content (AvgIpc) is 3.18. The third-order valence-electron chi connectivity index (χ3n) is 4.78. The van der Waals surface area contributed by atoms with E-state index in [1.165, 1.54) is 23.6 Å². The molecule has 140 valence electrons. The summed E-state index contributed by atoms with van der Waals surface area (Å²) in [6.45, 7) is 1.92. The number of benzene rings is 1. The number of aliphatic hydroxyl groups is 1. The third kappa shape index (κ3) is 3.49. The zero-order chi connectivity index (χ0) is 19.0. The van der Waals surface area contributed by atoms with Crippen molar-refractivity contribution in [3.8, 4) is 0 Å². The second kappa shape index (κ2) is 7.38. The zero-order valence-corrected chi connectivity index (χ0v) is 15.1. The van der Waals surface area contributed by atoms with E-state index < -0.39 is 36.2 Å².